The first-order valence-corrected chi connectivity index (χ1v) is 11.6. The normalized spacial score (nSPS) is 11.8. The van der Waals surface area contributed by atoms with E-state index in [1.807, 2.05) is 36.4 Å². The zero-order chi connectivity index (χ0) is 25.3. The fourth-order valence-corrected chi connectivity index (χ4v) is 3.91. The molecule has 3 aromatic heterocycles. The van der Waals surface area contributed by atoms with Crippen molar-refractivity contribution in [1.82, 2.24) is 30.4 Å². The number of fused-ring (bicyclic) bond motifs is 2. The second-order valence-electron chi connectivity index (χ2n) is 8.96. The second-order valence-corrected chi connectivity index (χ2v) is 9.37. The van der Waals surface area contributed by atoms with E-state index in [1.54, 1.807) is 42.9 Å². The van der Waals surface area contributed by atoms with Gasteiger partial charge in [0.15, 0.2) is 5.65 Å². The number of hydroxylamine groups is 1. The summed E-state index contributed by atoms with van der Waals surface area (Å²) in [6.07, 6.45) is 1.77. The fourth-order valence-electron chi connectivity index (χ4n) is 3.65. The van der Waals surface area contributed by atoms with Gasteiger partial charge in [-0.15, -0.1) is 5.10 Å². The van der Waals surface area contributed by atoms with Crippen molar-refractivity contribution in [2.24, 2.45) is 0 Å². The summed E-state index contributed by atoms with van der Waals surface area (Å²) >= 11 is 6.41. The van der Waals surface area contributed by atoms with Crippen LogP contribution < -0.4 is 5.48 Å². The van der Waals surface area contributed by atoms with Crippen LogP contribution in [0.2, 0.25) is 5.02 Å². The molecule has 2 N–H and O–H groups in total. The lowest BCUT2D eigenvalue weighted by molar-refractivity contribution is -0.0956. The number of rotatable bonds is 7. The van der Waals surface area contributed by atoms with Gasteiger partial charge in [0.25, 0.3) is 5.91 Å². The van der Waals surface area contributed by atoms with E-state index in [4.69, 9.17) is 21.4 Å². The Labute approximate surface area is 211 Å². The van der Waals surface area contributed by atoms with Crippen molar-refractivity contribution < 1.29 is 14.7 Å². The fraction of sp³-hybridized carbons (Fsp3) is 0.192. The molecule has 0 aliphatic carbocycles. The monoisotopic (exact) mass is 502 g/mol. The summed E-state index contributed by atoms with van der Waals surface area (Å²) in [5.74, 6) is -0.510. The summed E-state index contributed by atoms with van der Waals surface area (Å²) in [7, 11) is 0. The molecule has 0 spiro atoms. The van der Waals surface area contributed by atoms with Crippen LogP contribution in [0.1, 0.15) is 29.8 Å². The first-order valence-electron chi connectivity index (χ1n) is 11.3. The van der Waals surface area contributed by atoms with Gasteiger partial charge >= 0.3 is 0 Å². The third kappa shape index (κ3) is 4.90. The van der Waals surface area contributed by atoms with Gasteiger partial charge in [0.05, 0.1) is 34.9 Å². The zero-order valence-electron chi connectivity index (χ0n) is 19.6. The summed E-state index contributed by atoms with van der Waals surface area (Å²) in [6.45, 7) is 3.55. The van der Waals surface area contributed by atoms with Crippen molar-refractivity contribution in [1.29, 1.82) is 0 Å². The third-order valence-corrected chi connectivity index (χ3v) is 5.98. The third-order valence-electron chi connectivity index (χ3n) is 5.67. The molecule has 0 unspecified atom stereocenters. The SMILES string of the molecule is CC(C)(CO)ONC(=O)c1ccc(-c2ccc3nnn(Cc4ccc5ncccc5c4)c3n2)cc1Cl. The number of carbonyl (C=O) groups is 1. The Bertz CT molecular complexity index is 1580. The van der Waals surface area contributed by atoms with Gasteiger partial charge in [0.2, 0.25) is 0 Å². The molecule has 1 amide bonds. The van der Waals surface area contributed by atoms with Crippen molar-refractivity contribution in [2.45, 2.75) is 26.0 Å². The molecule has 10 heteroatoms. The van der Waals surface area contributed by atoms with E-state index in [0.717, 1.165) is 22.0 Å². The number of hydrogen-bond donors (Lipinski definition) is 2. The second kappa shape index (κ2) is 9.62. The van der Waals surface area contributed by atoms with E-state index in [-0.39, 0.29) is 17.2 Å². The Kier molecular flexibility index (Phi) is 6.36. The van der Waals surface area contributed by atoms with Crippen molar-refractivity contribution in [3.63, 3.8) is 0 Å². The van der Waals surface area contributed by atoms with E-state index >= 15 is 0 Å². The maximum absolute atomic E-state index is 12.5. The summed E-state index contributed by atoms with van der Waals surface area (Å²) in [6, 6.07) is 18.7. The highest BCUT2D eigenvalue weighted by Crippen LogP contribution is 2.26. The summed E-state index contributed by atoms with van der Waals surface area (Å²) < 4.78 is 1.75. The minimum atomic E-state index is -0.915. The molecule has 0 radical (unpaired) electrons. The summed E-state index contributed by atoms with van der Waals surface area (Å²) in [5, 5.41) is 19.1. The Morgan fingerprint density at radius 2 is 1.94 bits per heavy atom. The number of nitrogens with zero attached hydrogens (tertiary/aromatic N) is 5. The maximum Gasteiger partial charge on any atom is 0.276 e. The van der Waals surface area contributed by atoms with Crippen LogP contribution in [0.25, 0.3) is 33.3 Å². The molecule has 182 valence electrons. The Hall–Kier alpha value is -3.92. The first kappa shape index (κ1) is 23.8. The Balaban J connectivity index is 1.40. The van der Waals surface area contributed by atoms with E-state index < -0.39 is 11.5 Å². The van der Waals surface area contributed by atoms with Crippen molar-refractivity contribution >= 4 is 39.6 Å². The number of hydrogen-bond acceptors (Lipinski definition) is 7. The summed E-state index contributed by atoms with van der Waals surface area (Å²) in [4.78, 5) is 26.9. The Morgan fingerprint density at radius 1 is 1.11 bits per heavy atom. The molecular weight excluding hydrogens is 480 g/mol. The van der Waals surface area contributed by atoms with Gasteiger partial charge in [-0.1, -0.05) is 35.0 Å². The first-order chi connectivity index (χ1) is 17.3. The highest BCUT2D eigenvalue weighted by Gasteiger charge is 2.20. The van der Waals surface area contributed by atoms with Crippen LogP contribution in [0.4, 0.5) is 0 Å². The highest BCUT2D eigenvalue weighted by molar-refractivity contribution is 6.34. The van der Waals surface area contributed by atoms with Crippen LogP contribution >= 0.6 is 11.6 Å². The van der Waals surface area contributed by atoms with E-state index in [1.165, 1.54) is 0 Å². The number of benzene rings is 2. The van der Waals surface area contributed by atoms with Gasteiger partial charge in [-0.05, 0) is 61.9 Å². The van der Waals surface area contributed by atoms with Gasteiger partial charge in [-0.25, -0.2) is 15.1 Å². The predicted octanol–water partition coefficient (Wildman–Crippen LogP) is 4.18. The van der Waals surface area contributed by atoms with Crippen molar-refractivity contribution in [2.75, 3.05) is 6.61 Å². The molecule has 0 fully saturated rings. The Morgan fingerprint density at radius 3 is 2.75 bits per heavy atom. The number of halogens is 1. The van der Waals surface area contributed by atoms with Crippen LogP contribution in [0.15, 0.2) is 66.9 Å². The van der Waals surface area contributed by atoms with Crippen LogP contribution in [0.3, 0.4) is 0 Å². The molecule has 3 heterocycles. The van der Waals surface area contributed by atoms with Gasteiger partial charge in [-0.2, -0.15) is 0 Å². The lowest BCUT2D eigenvalue weighted by atomic mass is 10.1. The van der Waals surface area contributed by atoms with Crippen LogP contribution in [0, 0.1) is 0 Å². The number of carbonyl (C=O) groups excluding carboxylic acids is 1. The molecule has 0 bridgehead atoms. The van der Waals surface area contributed by atoms with Crippen molar-refractivity contribution in [3.05, 3.63) is 83.0 Å². The molecule has 2 aromatic carbocycles. The van der Waals surface area contributed by atoms with Gasteiger partial charge in [-0.3, -0.25) is 14.6 Å². The van der Waals surface area contributed by atoms with Gasteiger partial charge in [0.1, 0.15) is 11.1 Å². The quantitative estimate of drug-likeness (QED) is 0.321. The topological polar surface area (TPSA) is 115 Å². The van der Waals surface area contributed by atoms with Crippen LogP contribution in [0.5, 0.6) is 0 Å². The van der Waals surface area contributed by atoms with E-state index in [2.05, 4.69) is 26.8 Å². The lowest BCUT2D eigenvalue weighted by Crippen LogP contribution is -2.38. The molecular formula is C26H23ClN6O3. The van der Waals surface area contributed by atoms with E-state index in [0.29, 0.717) is 23.4 Å². The number of nitrogens with one attached hydrogen (secondary N) is 1. The molecule has 9 nitrogen and oxygen atoms in total. The smallest absolute Gasteiger partial charge is 0.276 e. The molecule has 5 rings (SSSR count). The zero-order valence-corrected chi connectivity index (χ0v) is 20.4. The van der Waals surface area contributed by atoms with Crippen molar-refractivity contribution in [3.8, 4) is 11.3 Å². The minimum absolute atomic E-state index is 0.243. The average Bonchev–Trinajstić information content (AvgIpc) is 3.29. The lowest BCUT2D eigenvalue weighted by Gasteiger charge is -2.21. The molecule has 0 saturated heterocycles. The molecule has 0 aliphatic rings. The summed E-state index contributed by atoms with van der Waals surface area (Å²) in [5.41, 5.74) is 6.36. The van der Waals surface area contributed by atoms with Crippen LogP contribution in [-0.4, -0.2) is 48.2 Å². The standard InChI is InChI=1S/C26H23ClN6O3/c1-26(2,15-34)36-31-25(35)19-7-6-18(13-20(19)27)22-9-10-23-24(29-22)33(32-30-23)14-16-5-8-21-17(12-16)4-3-11-28-21/h3-13,34H,14-15H2,1-2H3,(H,31,35). The number of pyridine rings is 2. The molecule has 0 saturated carbocycles. The van der Waals surface area contributed by atoms with Gasteiger partial charge < -0.3 is 5.11 Å². The molecule has 0 aliphatic heterocycles. The molecule has 36 heavy (non-hydrogen) atoms. The number of aromatic nitrogens is 5. The highest BCUT2D eigenvalue weighted by atomic mass is 35.5. The largest absolute Gasteiger partial charge is 0.393 e. The number of aliphatic hydroxyl groups excluding tert-OH is 1. The van der Waals surface area contributed by atoms with Gasteiger partial charge in [0, 0.05) is 17.1 Å². The van der Waals surface area contributed by atoms with Crippen LogP contribution in [-0.2, 0) is 11.4 Å². The minimum Gasteiger partial charge on any atom is -0.393 e. The molecule has 5 aromatic rings. The number of aliphatic hydroxyl groups is 1. The maximum atomic E-state index is 12.5. The molecule has 0 atom stereocenters. The van der Waals surface area contributed by atoms with E-state index in [9.17, 15) is 9.90 Å². The average molecular weight is 503 g/mol. The number of amides is 1. The predicted molar refractivity (Wildman–Crippen MR) is 136 cm³/mol.